The van der Waals surface area contributed by atoms with Gasteiger partial charge < -0.3 is 4.74 Å². The van der Waals surface area contributed by atoms with Crippen LogP contribution in [-0.2, 0) is 20.0 Å². The molecule has 142 valence electrons. The lowest BCUT2D eigenvalue weighted by Gasteiger charge is -2.20. The van der Waals surface area contributed by atoms with Crippen LogP contribution in [0.4, 0.5) is 0 Å². The van der Waals surface area contributed by atoms with Crippen molar-refractivity contribution < 1.29 is 21.6 Å². The molecule has 0 saturated carbocycles. The van der Waals surface area contributed by atoms with Crippen molar-refractivity contribution in [2.24, 2.45) is 0 Å². The first-order valence-electron chi connectivity index (χ1n) is 8.38. The van der Waals surface area contributed by atoms with E-state index in [0.29, 0.717) is 13.1 Å². The fourth-order valence-corrected chi connectivity index (χ4v) is 5.67. The summed E-state index contributed by atoms with van der Waals surface area (Å²) in [5.74, 6) is -0.0196. The van der Waals surface area contributed by atoms with Crippen LogP contribution in [0.3, 0.4) is 0 Å². The van der Waals surface area contributed by atoms with Crippen LogP contribution in [-0.4, -0.2) is 53.6 Å². The van der Waals surface area contributed by atoms with Gasteiger partial charge in [0.1, 0.15) is 10.6 Å². The number of nitrogens with one attached hydrogen (secondary N) is 1. The van der Waals surface area contributed by atoms with Crippen LogP contribution in [0.15, 0.2) is 23.1 Å². The maximum Gasteiger partial charge on any atom is 0.244 e. The third-order valence-corrected chi connectivity index (χ3v) is 7.57. The maximum absolute atomic E-state index is 12.5. The van der Waals surface area contributed by atoms with Gasteiger partial charge in [-0.25, -0.2) is 25.9 Å². The van der Waals surface area contributed by atoms with Crippen molar-refractivity contribution in [2.75, 3.05) is 32.5 Å². The van der Waals surface area contributed by atoms with Crippen LogP contribution < -0.4 is 9.46 Å². The Hall–Kier alpha value is -1.16. The summed E-state index contributed by atoms with van der Waals surface area (Å²) in [6, 6.07) is 4.84. The Morgan fingerprint density at radius 1 is 1.08 bits per heavy atom. The zero-order chi connectivity index (χ0) is 18.5. The number of benzene rings is 1. The van der Waals surface area contributed by atoms with Gasteiger partial charge in [0.25, 0.3) is 0 Å². The fraction of sp³-hybridized carbons (Fsp3) is 0.625. The van der Waals surface area contributed by atoms with E-state index in [9.17, 15) is 16.8 Å². The van der Waals surface area contributed by atoms with Crippen LogP contribution in [0.25, 0.3) is 0 Å². The van der Waals surface area contributed by atoms with Crippen molar-refractivity contribution in [1.82, 2.24) is 9.03 Å². The Kier molecular flexibility index (Phi) is 6.84. The molecule has 0 bridgehead atoms. The number of nitrogens with zero attached hydrogens (tertiary/aromatic N) is 1. The second-order valence-electron chi connectivity index (χ2n) is 6.18. The molecule has 1 saturated heterocycles. The second-order valence-corrected chi connectivity index (χ2v) is 10.0. The van der Waals surface area contributed by atoms with Crippen molar-refractivity contribution in [3.05, 3.63) is 23.8 Å². The van der Waals surface area contributed by atoms with Gasteiger partial charge in [-0.1, -0.05) is 18.9 Å². The van der Waals surface area contributed by atoms with E-state index in [-0.39, 0.29) is 22.9 Å². The zero-order valence-electron chi connectivity index (χ0n) is 14.7. The van der Waals surface area contributed by atoms with Gasteiger partial charge in [0.15, 0.2) is 0 Å². The number of ether oxygens (including phenoxy) is 1. The summed E-state index contributed by atoms with van der Waals surface area (Å²) in [7, 11) is -5.91. The molecule has 0 atom stereocenters. The van der Waals surface area contributed by atoms with Crippen molar-refractivity contribution in [3.63, 3.8) is 0 Å². The Morgan fingerprint density at radius 2 is 1.72 bits per heavy atom. The summed E-state index contributed by atoms with van der Waals surface area (Å²) in [5.41, 5.74) is 0.776. The fourth-order valence-electron chi connectivity index (χ4n) is 2.83. The summed E-state index contributed by atoms with van der Waals surface area (Å²) in [6.07, 6.45) is 3.77. The third kappa shape index (κ3) is 5.40. The minimum atomic E-state index is -3.84. The van der Waals surface area contributed by atoms with Crippen molar-refractivity contribution in [3.8, 4) is 5.75 Å². The normalized spacial score (nSPS) is 17.2. The van der Waals surface area contributed by atoms with Crippen LogP contribution in [0, 0.1) is 6.92 Å². The molecule has 0 aliphatic carbocycles. The van der Waals surface area contributed by atoms with E-state index < -0.39 is 20.0 Å². The molecule has 0 unspecified atom stereocenters. The van der Waals surface area contributed by atoms with Gasteiger partial charge in [0, 0.05) is 19.6 Å². The molecule has 25 heavy (non-hydrogen) atoms. The molecule has 0 radical (unpaired) electrons. The van der Waals surface area contributed by atoms with E-state index >= 15 is 0 Å². The number of aryl methyl sites for hydroxylation is 1. The van der Waals surface area contributed by atoms with Crippen LogP contribution in [0.1, 0.15) is 31.2 Å². The summed E-state index contributed by atoms with van der Waals surface area (Å²) >= 11 is 0. The molecule has 1 N–H and O–H groups in total. The van der Waals surface area contributed by atoms with Gasteiger partial charge in [-0.05, 0) is 37.5 Å². The van der Waals surface area contributed by atoms with Crippen LogP contribution >= 0.6 is 0 Å². The summed E-state index contributed by atoms with van der Waals surface area (Å²) in [5, 5.41) is 0. The molecule has 1 aliphatic rings. The molecule has 1 aliphatic heterocycles. The average molecular weight is 391 g/mol. The summed E-state index contributed by atoms with van der Waals surface area (Å²) in [4.78, 5) is 0.0159. The smallest absolute Gasteiger partial charge is 0.244 e. The molecule has 1 heterocycles. The van der Waals surface area contributed by atoms with Gasteiger partial charge in [-0.2, -0.15) is 0 Å². The molecular formula is C16H26N2O5S2. The van der Waals surface area contributed by atoms with Gasteiger partial charge in [-0.3, -0.25) is 0 Å². The van der Waals surface area contributed by atoms with Crippen LogP contribution in [0.5, 0.6) is 5.75 Å². The SMILES string of the molecule is COc1ccc(C)cc1S(=O)(=O)NCCS(=O)(=O)N1CCCCCC1. The number of rotatable bonds is 7. The molecular weight excluding hydrogens is 364 g/mol. The Balaban J connectivity index is 2.04. The monoisotopic (exact) mass is 390 g/mol. The highest BCUT2D eigenvalue weighted by molar-refractivity contribution is 7.90. The van der Waals surface area contributed by atoms with Gasteiger partial charge in [0.2, 0.25) is 20.0 Å². The molecule has 2 rings (SSSR count). The Labute approximate surface area is 150 Å². The van der Waals surface area contributed by atoms with Crippen LogP contribution in [0.2, 0.25) is 0 Å². The first-order valence-corrected chi connectivity index (χ1v) is 11.5. The van der Waals surface area contributed by atoms with E-state index in [4.69, 9.17) is 4.74 Å². The maximum atomic E-state index is 12.5. The average Bonchev–Trinajstić information content (AvgIpc) is 2.84. The standard InChI is InChI=1S/C16H26N2O5S2/c1-14-7-8-15(23-2)16(13-14)25(21,22)17-9-12-24(19,20)18-10-5-3-4-6-11-18/h7-8,13,17H,3-6,9-12H2,1-2H3. The Bertz CT molecular complexity index is 783. The lowest BCUT2D eigenvalue weighted by Crippen LogP contribution is -2.38. The molecule has 7 nitrogen and oxygen atoms in total. The highest BCUT2D eigenvalue weighted by Crippen LogP contribution is 2.24. The highest BCUT2D eigenvalue weighted by Gasteiger charge is 2.25. The summed E-state index contributed by atoms with van der Waals surface area (Å²) < 4.78 is 58.7. The van der Waals surface area contributed by atoms with E-state index in [1.165, 1.54) is 17.5 Å². The van der Waals surface area contributed by atoms with E-state index in [2.05, 4.69) is 4.72 Å². The predicted molar refractivity (Wildman–Crippen MR) is 96.7 cm³/mol. The largest absolute Gasteiger partial charge is 0.495 e. The van der Waals surface area contributed by atoms with Crippen molar-refractivity contribution in [2.45, 2.75) is 37.5 Å². The van der Waals surface area contributed by atoms with E-state index in [0.717, 1.165) is 31.2 Å². The number of methoxy groups -OCH3 is 1. The molecule has 0 amide bonds. The van der Waals surface area contributed by atoms with Gasteiger partial charge in [-0.15, -0.1) is 0 Å². The lowest BCUT2D eigenvalue weighted by molar-refractivity contribution is 0.402. The zero-order valence-corrected chi connectivity index (χ0v) is 16.3. The third-order valence-electron chi connectivity index (χ3n) is 4.22. The molecule has 9 heteroatoms. The molecule has 0 spiro atoms. The quantitative estimate of drug-likeness (QED) is 0.761. The number of hydrogen-bond donors (Lipinski definition) is 1. The topological polar surface area (TPSA) is 92.8 Å². The number of sulfonamides is 2. The minimum Gasteiger partial charge on any atom is -0.495 e. The molecule has 1 aromatic carbocycles. The summed E-state index contributed by atoms with van der Waals surface area (Å²) in [6.45, 7) is 2.64. The number of hydrogen-bond acceptors (Lipinski definition) is 5. The Morgan fingerprint density at radius 3 is 2.32 bits per heavy atom. The predicted octanol–water partition coefficient (Wildman–Crippen LogP) is 1.49. The van der Waals surface area contributed by atoms with Crippen molar-refractivity contribution >= 4 is 20.0 Å². The van der Waals surface area contributed by atoms with Crippen molar-refractivity contribution in [1.29, 1.82) is 0 Å². The first kappa shape index (κ1) is 20.2. The molecule has 0 aromatic heterocycles. The van der Waals surface area contributed by atoms with Gasteiger partial charge >= 0.3 is 0 Å². The molecule has 1 aromatic rings. The van der Waals surface area contributed by atoms with Gasteiger partial charge in [0.05, 0.1) is 12.9 Å². The first-order chi connectivity index (χ1) is 11.8. The van der Waals surface area contributed by atoms with E-state index in [1.807, 2.05) is 0 Å². The molecule has 1 fully saturated rings. The second kappa shape index (κ2) is 8.48. The minimum absolute atomic E-state index is 0.0159. The highest BCUT2D eigenvalue weighted by atomic mass is 32.2. The van der Waals surface area contributed by atoms with E-state index in [1.54, 1.807) is 19.1 Å². The lowest BCUT2D eigenvalue weighted by atomic mass is 10.2.